The molecule has 0 aliphatic carbocycles. The maximum absolute atomic E-state index is 12.6. The summed E-state index contributed by atoms with van der Waals surface area (Å²) in [5.74, 6) is 1.26. The average Bonchev–Trinajstić information content (AvgIpc) is 2.45. The van der Waals surface area contributed by atoms with Crippen LogP contribution in [-0.2, 0) is 9.53 Å². The van der Waals surface area contributed by atoms with E-state index in [1.54, 1.807) is 0 Å². The van der Waals surface area contributed by atoms with E-state index in [0.717, 1.165) is 5.75 Å². The van der Waals surface area contributed by atoms with Gasteiger partial charge in [0.25, 0.3) is 5.91 Å². The Labute approximate surface area is 139 Å². The standard InChI is InChI=1S/C19H29NO3/c1-12(2)18-8-7-17(9-13(18)3)23-16(6)19(21)20-10-14(4)22-15(5)11-20/h7-9,12,14-16H,10-11H2,1-6H3. The van der Waals surface area contributed by atoms with Gasteiger partial charge >= 0.3 is 0 Å². The summed E-state index contributed by atoms with van der Waals surface area (Å²) in [4.78, 5) is 14.4. The fraction of sp³-hybridized carbons (Fsp3) is 0.632. The molecule has 0 N–H and O–H groups in total. The number of morpholine rings is 1. The van der Waals surface area contributed by atoms with Crippen molar-refractivity contribution in [3.8, 4) is 5.75 Å². The molecule has 1 aliphatic heterocycles. The van der Waals surface area contributed by atoms with Gasteiger partial charge in [-0.1, -0.05) is 19.9 Å². The minimum atomic E-state index is -0.489. The van der Waals surface area contributed by atoms with Crippen molar-refractivity contribution in [2.75, 3.05) is 13.1 Å². The molecule has 0 radical (unpaired) electrons. The monoisotopic (exact) mass is 319 g/mol. The zero-order valence-electron chi connectivity index (χ0n) is 15.1. The summed E-state index contributed by atoms with van der Waals surface area (Å²) in [6.45, 7) is 13.5. The molecule has 128 valence electrons. The maximum atomic E-state index is 12.6. The summed E-state index contributed by atoms with van der Waals surface area (Å²) < 4.78 is 11.6. The molecule has 1 aromatic carbocycles. The minimum absolute atomic E-state index is 0.0255. The summed E-state index contributed by atoms with van der Waals surface area (Å²) in [5.41, 5.74) is 2.51. The minimum Gasteiger partial charge on any atom is -0.481 e. The summed E-state index contributed by atoms with van der Waals surface area (Å²) >= 11 is 0. The highest BCUT2D eigenvalue weighted by Gasteiger charge is 2.29. The van der Waals surface area contributed by atoms with Crippen molar-refractivity contribution in [2.45, 2.75) is 65.8 Å². The fourth-order valence-corrected chi connectivity index (χ4v) is 3.24. The normalized spacial score (nSPS) is 23.0. The maximum Gasteiger partial charge on any atom is 0.263 e. The quantitative estimate of drug-likeness (QED) is 0.852. The molecule has 1 fully saturated rings. The Bertz CT molecular complexity index is 546. The number of amides is 1. The van der Waals surface area contributed by atoms with E-state index < -0.39 is 6.10 Å². The number of ether oxygens (including phenoxy) is 2. The molecule has 23 heavy (non-hydrogen) atoms. The van der Waals surface area contributed by atoms with Crippen molar-refractivity contribution in [3.05, 3.63) is 29.3 Å². The van der Waals surface area contributed by atoms with Gasteiger partial charge in [0.15, 0.2) is 6.10 Å². The van der Waals surface area contributed by atoms with Crippen molar-refractivity contribution in [3.63, 3.8) is 0 Å². The topological polar surface area (TPSA) is 38.8 Å². The molecule has 1 aliphatic rings. The smallest absolute Gasteiger partial charge is 0.263 e. The third-order valence-electron chi connectivity index (χ3n) is 4.26. The van der Waals surface area contributed by atoms with E-state index in [0.29, 0.717) is 19.0 Å². The van der Waals surface area contributed by atoms with Crippen LogP contribution in [0, 0.1) is 6.92 Å². The van der Waals surface area contributed by atoms with Crippen LogP contribution >= 0.6 is 0 Å². The van der Waals surface area contributed by atoms with E-state index in [9.17, 15) is 4.79 Å². The molecular formula is C19H29NO3. The molecule has 0 aromatic heterocycles. The zero-order chi connectivity index (χ0) is 17.1. The Balaban J connectivity index is 2.02. The van der Waals surface area contributed by atoms with Crippen molar-refractivity contribution < 1.29 is 14.3 Å². The highest BCUT2D eigenvalue weighted by molar-refractivity contribution is 5.81. The second kappa shape index (κ2) is 7.35. The lowest BCUT2D eigenvalue weighted by molar-refractivity contribution is -0.149. The van der Waals surface area contributed by atoms with Crippen LogP contribution in [0.5, 0.6) is 5.75 Å². The molecule has 1 amide bonds. The van der Waals surface area contributed by atoms with Gasteiger partial charge in [0.05, 0.1) is 12.2 Å². The lowest BCUT2D eigenvalue weighted by atomic mass is 9.98. The molecular weight excluding hydrogens is 290 g/mol. The van der Waals surface area contributed by atoms with E-state index >= 15 is 0 Å². The van der Waals surface area contributed by atoms with Gasteiger partial charge in [0, 0.05) is 13.1 Å². The third-order valence-corrected chi connectivity index (χ3v) is 4.26. The molecule has 2 rings (SSSR count). The van der Waals surface area contributed by atoms with Gasteiger partial charge in [-0.25, -0.2) is 0 Å². The first-order valence-electron chi connectivity index (χ1n) is 8.49. The van der Waals surface area contributed by atoms with Crippen molar-refractivity contribution in [1.29, 1.82) is 0 Å². The SMILES string of the molecule is Cc1cc(OC(C)C(=O)N2CC(C)OC(C)C2)ccc1C(C)C. The highest BCUT2D eigenvalue weighted by atomic mass is 16.5. The van der Waals surface area contributed by atoms with Crippen LogP contribution < -0.4 is 4.74 Å². The van der Waals surface area contributed by atoms with Crippen molar-refractivity contribution in [1.82, 2.24) is 4.90 Å². The van der Waals surface area contributed by atoms with E-state index in [-0.39, 0.29) is 18.1 Å². The molecule has 0 bridgehead atoms. The summed E-state index contributed by atoms with van der Waals surface area (Å²) in [6.07, 6.45) is -0.346. The summed E-state index contributed by atoms with van der Waals surface area (Å²) in [6, 6.07) is 6.06. The molecule has 1 saturated heterocycles. The Morgan fingerprint density at radius 1 is 1.22 bits per heavy atom. The number of hydrogen-bond acceptors (Lipinski definition) is 3. The molecule has 1 aromatic rings. The predicted molar refractivity (Wildman–Crippen MR) is 91.9 cm³/mol. The number of rotatable bonds is 4. The van der Waals surface area contributed by atoms with E-state index in [4.69, 9.17) is 9.47 Å². The van der Waals surface area contributed by atoms with E-state index in [1.165, 1.54) is 11.1 Å². The molecule has 4 heteroatoms. The van der Waals surface area contributed by atoms with Gasteiger partial charge in [-0.2, -0.15) is 0 Å². The number of hydrogen-bond donors (Lipinski definition) is 0. The van der Waals surface area contributed by atoms with Gasteiger partial charge in [0.2, 0.25) is 0 Å². The van der Waals surface area contributed by atoms with E-state index in [1.807, 2.05) is 37.8 Å². The number of carbonyl (C=O) groups excluding carboxylic acids is 1. The second-order valence-corrected chi connectivity index (χ2v) is 6.93. The molecule has 0 saturated carbocycles. The highest BCUT2D eigenvalue weighted by Crippen LogP contribution is 2.24. The van der Waals surface area contributed by atoms with Gasteiger partial charge < -0.3 is 14.4 Å². The van der Waals surface area contributed by atoms with Crippen LogP contribution in [0.1, 0.15) is 51.7 Å². The molecule has 3 atom stereocenters. The summed E-state index contributed by atoms with van der Waals surface area (Å²) in [5, 5.41) is 0. The molecule has 3 unspecified atom stereocenters. The number of aryl methyl sites for hydroxylation is 1. The van der Waals surface area contributed by atoms with Gasteiger partial charge in [-0.3, -0.25) is 4.79 Å². The molecule has 1 heterocycles. The second-order valence-electron chi connectivity index (χ2n) is 6.93. The fourth-order valence-electron chi connectivity index (χ4n) is 3.24. The lowest BCUT2D eigenvalue weighted by Gasteiger charge is -2.36. The largest absolute Gasteiger partial charge is 0.481 e. The van der Waals surface area contributed by atoms with Crippen molar-refractivity contribution in [2.24, 2.45) is 0 Å². The van der Waals surface area contributed by atoms with Crippen LogP contribution in [0.25, 0.3) is 0 Å². The average molecular weight is 319 g/mol. The van der Waals surface area contributed by atoms with Crippen LogP contribution in [0.15, 0.2) is 18.2 Å². The molecule has 0 spiro atoms. The predicted octanol–water partition coefficient (Wildman–Crippen LogP) is 3.52. The summed E-state index contributed by atoms with van der Waals surface area (Å²) in [7, 11) is 0. The van der Waals surface area contributed by atoms with Crippen molar-refractivity contribution >= 4 is 5.91 Å². The molecule has 4 nitrogen and oxygen atoms in total. The first kappa shape index (κ1) is 17.8. The van der Waals surface area contributed by atoms with Gasteiger partial charge in [-0.05, 0) is 56.9 Å². The van der Waals surface area contributed by atoms with Crippen LogP contribution in [0.2, 0.25) is 0 Å². The Hall–Kier alpha value is -1.55. The number of nitrogens with zero attached hydrogens (tertiary/aromatic N) is 1. The Morgan fingerprint density at radius 2 is 1.83 bits per heavy atom. The van der Waals surface area contributed by atoms with Gasteiger partial charge in [-0.15, -0.1) is 0 Å². The lowest BCUT2D eigenvalue weighted by Crippen LogP contribution is -2.51. The first-order chi connectivity index (χ1) is 10.8. The van der Waals surface area contributed by atoms with Gasteiger partial charge in [0.1, 0.15) is 5.75 Å². The Kier molecular flexibility index (Phi) is 5.69. The number of benzene rings is 1. The Morgan fingerprint density at radius 3 is 2.35 bits per heavy atom. The zero-order valence-corrected chi connectivity index (χ0v) is 15.1. The third kappa shape index (κ3) is 4.47. The van der Waals surface area contributed by atoms with Crippen LogP contribution in [0.3, 0.4) is 0 Å². The van der Waals surface area contributed by atoms with Crippen LogP contribution in [-0.4, -0.2) is 42.2 Å². The number of carbonyl (C=O) groups is 1. The first-order valence-corrected chi connectivity index (χ1v) is 8.49. The van der Waals surface area contributed by atoms with Crippen LogP contribution in [0.4, 0.5) is 0 Å². The van der Waals surface area contributed by atoms with E-state index in [2.05, 4.69) is 26.8 Å².